The van der Waals surface area contributed by atoms with Crippen LogP contribution in [0.15, 0.2) is 125 Å². The summed E-state index contributed by atoms with van der Waals surface area (Å²) in [6.07, 6.45) is 1.71. The van der Waals surface area contributed by atoms with Gasteiger partial charge < -0.3 is 9.52 Å². The molecular weight excluding hydrogens is 492 g/mol. The Hall–Kier alpha value is -4.96. The monoisotopic (exact) mass is 522 g/mol. The van der Waals surface area contributed by atoms with E-state index in [2.05, 4.69) is 57.2 Å². The smallest absolute Gasteiger partial charge is 0.229 e. The second kappa shape index (κ2) is 10.3. The van der Waals surface area contributed by atoms with Gasteiger partial charge >= 0.3 is 0 Å². The fraction of sp³-hybridized carbons (Fsp3) is 0.111. The maximum absolute atomic E-state index is 10.5. The van der Waals surface area contributed by atoms with Crippen molar-refractivity contribution in [3.05, 3.63) is 126 Å². The molecule has 196 valence electrons. The molecule has 0 aliphatic heterocycles. The summed E-state index contributed by atoms with van der Waals surface area (Å²) in [7, 11) is 0. The van der Waals surface area contributed by atoms with Crippen molar-refractivity contribution in [1.29, 1.82) is 0 Å². The van der Waals surface area contributed by atoms with E-state index in [1.807, 2.05) is 72.8 Å². The fourth-order valence-corrected chi connectivity index (χ4v) is 4.85. The van der Waals surface area contributed by atoms with Crippen LogP contribution >= 0.6 is 0 Å². The number of aliphatic imine (C=N–C) groups is 1. The van der Waals surface area contributed by atoms with Crippen molar-refractivity contribution < 1.29 is 9.52 Å². The number of phenols is 1. The van der Waals surface area contributed by atoms with Crippen LogP contribution in [-0.4, -0.2) is 16.3 Å². The number of phenolic OH excluding ortho intramolecular Hbond substituents is 1. The van der Waals surface area contributed by atoms with Gasteiger partial charge in [0.05, 0.1) is 11.3 Å². The molecule has 0 saturated carbocycles. The van der Waals surface area contributed by atoms with Crippen molar-refractivity contribution in [2.24, 2.45) is 4.99 Å². The Labute approximate surface area is 234 Å². The maximum atomic E-state index is 10.5. The topological polar surface area (TPSA) is 58.6 Å². The molecule has 40 heavy (non-hydrogen) atoms. The molecule has 0 aliphatic carbocycles. The van der Waals surface area contributed by atoms with Crippen LogP contribution in [0.4, 0.5) is 5.69 Å². The fourth-order valence-electron chi connectivity index (χ4n) is 4.85. The minimum absolute atomic E-state index is 0.0423. The van der Waals surface area contributed by atoms with Gasteiger partial charge in [0.25, 0.3) is 0 Å². The minimum Gasteiger partial charge on any atom is -0.507 e. The lowest BCUT2D eigenvalue weighted by atomic mass is 9.86. The van der Waals surface area contributed by atoms with Gasteiger partial charge in [-0.2, -0.15) is 0 Å². The molecule has 6 rings (SSSR count). The number of benzene rings is 5. The number of nitrogens with zero attached hydrogens (tertiary/aromatic N) is 2. The van der Waals surface area contributed by atoms with Crippen LogP contribution < -0.4 is 0 Å². The molecule has 0 aliphatic rings. The first-order valence-electron chi connectivity index (χ1n) is 13.4. The molecule has 4 nitrogen and oxygen atoms in total. The molecule has 0 unspecified atom stereocenters. The number of hydrogen-bond donors (Lipinski definition) is 1. The van der Waals surface area contributed by atoms with Crippen LogP contribution in [0.25, 0.3) is 44.8 Å². The first-order chi connectivity index (χ1) is 19.4. The van der Waals surface area contributed by atoms with Gasteiger partial charge in [-0.25, -0.2) is 4.98 Å². The largest absolute Gasteiger partial charge is 0.507 e. The Morgan fingerprint density at radius 1 is 0.700 bits per heavy atom. The molecule has 1 aromatic heterocycles. The second-order valence-electron chi connectivity index (χ2n) is 10.9. The standard InChI is InChI=1S/C36H30N2O2/c1-36(2,3)27-18-21-32(39)26(22-27)23-37-31-17-11-10-16-30(31)35-38-33-28(24-12-6-4-7-13-24)19-20-29(34(33)40-35)25-14-8-5-9-15-25/h4-23,39H,1-3H3. The summed E-state index contributed by atoms with van der Waals surface area (Å²) >= 11 is 0. The van der Waals surface area contributed by atoms with Gasteiger partial charge in [-0.15, -0.1) is 0 Å². The molecule has 0 fully saturated rings. The number of hydrogen-bond acceptors (Lipinski definition) is 4. The lowest BCUT2D eigenvalue weighted by molar-refractivity contribution is 0.473. The Morgan fingerprint density at radius 3 is 2.02 bits per heavy atom. The van der Waals surface area contributed by atoms with E-state index < -0.39 is 0 Å². The molecule has 0 amide bonds. The molecule has 4 heteroatoms. The summed E-state index contributed by atoms with van der Waals surface area (Å²) in [6, 6.07) is 38.1. The Morgan fingerprint density at radius 2 is 1.32 bits per heavy atom. The van der Waals surface area contributed by atoms with E-state index in [0.29, 0.717) is 17.1 Å². The number of oxazole rings is 1. The summed E-state index contributed by atoms with van der Waals surface area (Å²) in [5.74, 6) is 0.687. The van der Waals surface area contributed by atoms with Crippen molar-refractivity contribution in [1.82, 2.24) is 4.98 Å². The highest BCUT2D eigenvalue weighted by Gasteiger charge is 2.19. The van der Waals surface area contributed by atoms with Crippen LogP contribution in [0.1, 0.15) is 31.9 Å². The Balaban J connectivity index is 1.49. The quantitative estimate of drug-likeness (QED) is 0.229. The van der Waals surface area contributed by atoms with Gasteiger partial charge in [0, 0.05) is 22.9 Å². The van der Waals surface area contributed by atoms with Crippen molar-refractivity contribution in [3.8, 4) is 39.5 Å². The summed E-state index contributed by atoms with van der Waals surface area (Å²) in [4.78, 5) is 9.82. The molecule has 0 saturated heterocycles. The van der Waals surface area contributed by atoms with Crippen LogP contribution in [0.5, 0.6) is 5.75 Å². The highest BCUT2D eigenvalue weighted by atomic mass is 16.3. The number of fused-ring (bicyclic) bond motifs is 1. The Bertz CT molecular complexity index is 1750. The zero-order valence-electron chi connectivity index (χ0n) is 22.8. The molecule has 6 aromatic rings. The van der Waals surface area contributed by atoms with Crippen molar-refractivity contribution in [3.63, 3.8) is 0 Å². The Kier molecular flexibility index (Phi) is 6.53. The van der Waals surface area contributed by atoms with Crippen LogP contribution in [0.3, 0.4) is 0 Å². The minimum atomic E-state index is -0.0423. The van der Waals surface area contributed by atoms with Crippen LogP contribution in [0.2, 0.25) is 0 Å². The maximum Gasteiger partial charge on any atom is 0.229 e. The lowest BCUT2D eigenvalue weighted by Gasteiger charge is -2.19. The SMILES string of the molecule is CC(C)(C)c1ccc(O)c(C=Nc2ccccc2-c2nc3c(-c4ccccc4)ccc(-c4ccccc4)c3o2)c1. The van der Waals surface area contributed by atoms with Crippen LogP contribution in [-0.2, 0) is 5.41 Å². The molecule has 0 spiro atoms. The zero-order valence-corrected chi connectivity index (χ0v) is 22.8. The van der Waals surface area contributed by atoms with E-state index in [4.69, 9.17) is 14.4 Å². The molecule has 0 atom stereocenters. The third-order valence-corrected chi connectivity index (χ3v) is 7.08. The third-order valence-electron chi connectivity index (χ3n) is 7.08. The first kappa shape index (κ1) is 25.3. The number of aromatic nitrogens is 1. The van der Waals surface area contributed by atoms with E-state index in [-0.39, 0.29) is 11.2 Å². The van der Waals surface area contributed by atoms with Gasteiger partial charge in [0.2, 0.25) is 5.89 Å². The predicted molar refractivity (Wildman–Crippen MR) is 164 cm³/mol. The first-order valence-corrected chi connectivity index (χ1v) is 13.4. The molecule has 0 radical (unpaired) electrons. The average molecular weight is 523 g/mol. The summed E-state index contributed by atoms with van der Waals surface area (Å²) < 4.78 is 6.55. The summed E-state index contributed by atoms with van der Waals surface area (Å²) in [5.41, 5.74) is 8.90. The van der Waals surface area contributed by atoms with Gasteiger partial charge in [-0.1, -0.05) is 106 Å². The van der Waals surface area contributed by atoms with Crippen molar-refractivity contribution in [2.45, 2.75) is 26.2 Å². The molecular formula is C36H30N2O2. The molecule has 0 bridgehead atoms. The molecule has 1 N–H and O–H groups in total. The van der Waals surface area contributed by atoms with E-state index in [1.54, 1.807) is 12.3 Å². The van der Waals surface area contributed by atoms with E-state index in [0.717, 1.165) is 44.5 Å². The second-order valence-corrected chi connectivity index (χ2v) is 10.9. The molecule has 1 heterocycles. The third kappa shape index (κ3) is 4.92. The number of aromatic hydroxyl groups is 1. The van der Waals surface area contributed by atoms with Gasteiger partial charge in [-0.05, 0) is 52.4 Å². The number of para-hydroxylation sites is 1. The number of rotatable bonds is 5. The normalized spacial score (nSPS) is 11.9. The zero-order chi connectivity index (χ0) is 27.7. The van der Waals surface area contributed by atoms with Gasteiger partial charge in [-0.3, -0.25) is 4.99 Å². The summed E-state index contributed by atoms with van der Waals surface area (Å²) in [6.45, 7) is 6.45. The van der Waals surface area contributed by atoms with Crippen molar-refractivity contribution in [2.75, 3.05) is 0 Å². The lowest BCUT2D eigenvalue weighted by Crippen LogP contribution is -2.11. The average Bonchev–Trinajstić information content (AvgIpc) is 3.42. The van der Waals surface area contributed by atoms with Crippen molar-refractivity contribution >= 4 is 23.0 Å². The molecule has 5 aromatic carbocycles. The van der Waals surface area contributed by atoms with E-state index in [9.17, 15) is 5.11 Å². The van der Waals surface area contributed by atoms with E-state index in [1.165, 1.54) is 0 Å². The predicted octanol–water partition coefficient (Wildman–Crippen LogP) is 9.58. The summed E-state index contributed by atoms with van der Waals surface area (Å²) in [5, 5.41) is 10.5. The van der Waals surface area contributed by atoms with Crippen LogP contribution in [0, 0.1) is 0 Å². The highest BCUT2D eigenvalue weighted by Crippen LogP contribution is 2.40. The van der Waals surface area contributed by atoms with Gasteiger partial charge in [0.1, 0.15) is 11.3 Å². The van der Waals surface area contributed by atoms with Gasteiger partial charge in [0.15, 0.2) is 5.58 Å². The highest BCUT2D eigenvalue weighted by molar-refractivity contribution is 6.01. The van der Waals surface area contributed by atoms with E-state index >= 15 is 0 Å².